The Morgan fingerprint density at radius 2 is 1.66 bits per heavy atom. The molecule has 0 radical (unpaired) electrons. The van der Waals surface area contributed by atoms with Crippen LogP contribution >= 0.6 is 22.9 Å². The van der Waals surface area contributed by atoms with E-state index in [4.69, 9.17) is 11.6 Å². The Kier molecular flexibility index (Phi) is 6.30. The predicted molar refractivity (Wildman–Crippen MR) is 129 cm³/mol. The largest absolute Gasteiger partial charge is 0.279 e. The highest BCUT2D eigenvalue weighted by Gasteiger charge is 2.24. The highest BCUT2D eigenvalue weighted by Crippen LogP contribution is 2.34. The lowest BCUT2D eigenvalue weighted by molar-refractivity contribution is 0.0985. The number of sulfonamides is 1. The molecule has 1 amide bonds. The fourth-order valence-electron chi connectivity index (χ4n) is 3.15. The molecule has 4 rings (SSSR count). The smallest absolute Gasteiger partial charge is 0.260 e. The minimum absolute atomic E-state index is 0.125. The SMILES string of the molecule is CN(C)S(=O)(=O)c1ccc(C(=O)N(Cc2ccccc2)c2nc3c(Cl)cccc3s2)cc1. The monoisotopic (exact) mass is 485 g/mol. The Balaban J connectivity index is 1.74. The summed E-state index contributed by atoms with van der Waals surface area (Å²) in [5.74, 6) is -0.280. The maximum Gasteiger partial charge on any atom is 0.260 e. The summed E-state index contributed by atoms with van der Waals surface area (Å²) in [4.78, 5) is 19.8. The summed E-state index contributed by atoms with van der Waals surface area (Å²) in [6.45, 7) is 0.314. The molecule has 0 aliphatic rings. The Morgan fingerprint density at radius 1 is 0.969 bits per heavy atom. The zero-order valence-corrected chi connectivity index (χ0v) is 19.8. The van der Waals surface area contributed by atoms with Crippen molar-refractivity contribution in [1.82, 2.24) is 9.29 Å². The van der Waals surface area contributed by atoms with Gasteiger partial charge in [0, 0.05) is 19.7 Å². The van der Waals surface area contributed by atoms with Crippen LogP contribution in [0.25, 0.3) is 10.2 Å². The minimum Gasteiger partial charge on any atom is -0.279 e. The van der Waals surface area contributed by atoms with E-state index in [0.29, 0.717) is 27.8 Å². The van der Waals surface area contributed by atoms with Crippen molar-refractivity contribution in [1.29, 1.82) is 0 Å². The van der Waals surface area contributed by atoms with E-state index < -0.39 is 10.0 Å². The Morgan fingerprint density at radius 3 is 2.28 bits per heavy atom. The van der Waals surface area contributed by atoms with Crippen molar-refractivity contribution in [3.8, 4) is 0 Å². The number of halogens is 1. The fourth-order valence-corrected chi connectivity index (χ4v) is 5.31. The molecule has 0 aliphatic carbocycles. The number of para-hydroxylation sites is 1. The van der Waals surface area contributed by atoms with Gasteiger partial charge in [-0.15, -0.1) is 0 Å². The van der Waals surface area contributed by atoms with E-state index in [9.17, 15) is 13.2 Å². The molecule has 1 heterocycles. The van der Waals surface area contributed by atoms with Crippen molar-refractivity contribution in [2.24, 2.45) is 0 Å². The van der Waals surface area contributed by atoms with Crippen LogP contribution in [-0.4, -0.2) is 37.7 Å². The summed E-state index contributed by atoms with van der Waals surface area (Å²) in [5, 5.41) is 1.04. The lowest BCUT2D eigenvalue weighted by atomic mass is 10.1. The average molecular weight is 486 g/mol. The van der Waals surface area contributed by atoms with Crippen molar-refractivity contribution in [2.45, 2.75) is 11.4 Å². The third kappa shape index (κ3) is 4.40. The number of hydrogen-bond acceptors (Lipinski definition) is 5. The van der Waals surface area contributed by atoms with Gasteiger partial charge in [-0.05, 0) is 42.0 Å². The van der Waals surface area contributed by atoms with Crippen LogP contribution < -0.4 is 4.90 Å². The summed E-state index contributed by atoms with van der Waals surface area (Å²) in [6, 6.07) is 21.1. The summed E-state index contributed by atoms with van der Waals surface area (Å²) in [5.41, 5.74) is 1.95. The highest BCUT2D eigenvalue weighted by molar-refractivity contribution is 7.89. The number of fused-ring (bicyclic) bond motifs is 1. The first-order valence-corrected chi connectivity index (χ1v) is 12.3. The van der Waals surface area contributed by atoms with Crippen molar-refractivity contribution in [3.05, 3.63) is 88.9 Å². The standard InChI is InChI=1S/C23H20ClN3O3S2/c1-26(2)32(29,30)18-13-11-17(12-14-18)22(28)27(15-16-7-4-3-5-8-16)23-25-21-19(24)9-6-10-20(21)31-23/h3-14H,15H2,1-2H3. The third-order valence-corrected chi connectivity index (χ3v) is 8.08. The summed E-state index contributed by atoms with van der Waals surface area (Å²) >= 11 is 7.68. The summed E-state index contributed by atoms with van der Waals surface area (Å²) < 4.78 is 26.7. The molecule has 0 atom stereocenters. The molecule has 0 fully saturated rings. The number of benzene rings is 3. The number of thiazole rings is 1. The zero-order chi connectivity index (χ0) is 22.9. The van der Waals surface area contributed by atoms with Crippen LogP contribution in [0.1, 0.15) is 15.9 Å². The van der Waals surface area contributed by atoms with Crippen molar-refractivity contribution < 1.29 is 13.2 Å². The van der Waals surface area contributed by atoms with E-state index in [1.807, 2.05) is 42.5 Å². The summed E-state index contributed by atoms with van der Waals surface area (Å²) in [7, 11) is -0.646. The van der Waals surface area contributed by atoms with Gasteiger partial charge in [-0.25, -0.2) is 17.7 Å². The molecule has 0 saturated carbocycles. The van der Waals surface area contributed by atoms with Gasteiger partial charge in [0.2, 0.25) is 10.0 Å². The van der Waals surface area contributed by atoms with Gasteiger partial charge in [0.1, 0.15) is 5.52 Å². The Labute approximate surface area is 195 Å². The number of anilines is 1. The van der Waals surface area contributed by atoms with Crippen LogP contribution in [0.4, 0.5) is 5.13 Å². The van der Waals surface area contributed by atoms with Gasteiger partial charge in [-0.1, -0.05) is 59.3 Å². The molecule has 0 spiro atoms. The second-order valence-corrected chi connectivity index (χ2v) is 10.8. The average Bonchev–Trinajstić information content (AvgIpc) is 3.23. The topological polar surface area (TPSA) is 70.6 Å². The lowest BCUT2D eigenvalue weighted by Crippen LogP contribution is -2.30. The second kappa shape index (κ2) is 8.99. The maximum atomic E-state index is 13.5. The van der Waals surface area contributed by atoms with Gasteiger partial charge in [0.25, 0.3) is 5.91 Å². The molecule has 4 aromatic rings. The second-order valence-electron chi connectivity index (χ2n) is 7.27. The molecule has 1 aromatic heterocycles. The molecule has 0 N–H and O–H groups in total. The van der Waals surface area contributed by atoms with Crippen LogP contribution in [0.2, 0.25) is 5.02 Å². The first kappa shape index (κ1) is 22.4. The number of carbonyl (C=O) groups is 1. The fraction of sp³-hybridized carbons (Fsp3) is 0.130. The van der Waals surface area contributed by atoms with Crippen molar-refractivity contribution in [2.75, 3.05) is 19.0 Å². The number of aromatic nitrogens is 1. The molecule has 0 aliphatic heterocycles. The van der Waals surface area contributed by atoms with Gasteiger partial charge in [-0.3, -0.25) is 9.69 Å². The van der Waals surface area contributed by atoms with E-state index >= 15 is 0 Å². The molecular formula is C23H20ClN3O3S2. The Hall–Kier alpha value is -2.78. The molecule has 9 heteroatoms. The van der Waals surface area contributed by atoms with Gasteiger partial charge in [0.15, 0.2) is 5.13 Å². The minimum atomic E-state index is -3.58. The van der Waals surface area contributed by atoms with E-state index in [2.05, 4.69) is 4.98 Å². The first-order valence-electron chi connectivity index (χ1n) is 9.71. The molecule has 3 aromatic carbocycles. The quantitative estimate of drug-likeness (QED) is 0.383. The molecule has 6 nitrogen and oxygen atoms in total. The molecule has 0 unspecified atom stereocenters. The van der Waals surface area contributed by atoms with Gasteiger partial charge < -0.3 is 0 Å². The number of carbonyl (C=O) groups excluding carboxylic acids is 1. The van der Waals surface area contributed by atoms with Gasteiger partial charge >= 0.3 is 0 Å². The van der Waals surface area contributed by atoms with E-state index in [1.165, 1.54) is 49.7 Å². The molecule has 0 bridgehead atoms. The number of nitrogens with zero attached hydrogens (tertiary/aromatic N) is 3. The van der Waals surface area contributed by atoms with Crippen LogP contribution in [0.5, 0.6) is 0 Å². The van der Waals surface area contributed by atoms with E-state index in [1.54, 1.807) is 11.0 Å². The maximum absolute atomic E-state index is 13.5. The molecule has 32 heavy (non-hydrogen) atoms. The van der Waals surface area contributed by atoms with Crippen LogP contribution in [0, 0.1) is 0 Å². The predicted octanol–water partition coefficient (Wildman–Crippen LogP) is 5.05. The van der Waals surface area contributed by atoms with Crippen LogP contribution in [0.15, 0.2) is 77.7 Å². The van der Waals surface area contributed by atoms with Gasteiger partial charge in [-0.2, -0.15) is 0 Å². The first-order chi connectivity index (χ1) is 15.3. The zero-order valence-electron chi connectivity index (χ0n) is 17.4. The Bertz CT molecular complexity index is 1370. The highest BCUT2D eigenvalue weighted by atomic mass is 35.5. The van der Waals surface area contributed by atoms with E-state index in [0.717, 1.165) is 14.6 Å². The number of amides is 1. The van der Waals surface area contributed by atoms with Crippen LogP contribution in [-0.2, 0) is 16.6 Å². The lowest BCUT2D eigenvalue weighted by Gasteiger charge is -2.20. The third-order valence-electron chi connectivity index (χ3n) is 4.90. The van der Waals surface area contributed by atoms with Crippen LogP contribution in [0.3, 0.4) is 0 Å². The molecule has 0 saturated heterocycles. The number of rotatable bonds is 6. The molecular weight excluding hydrogens is 466 g/mol. The van der Waals surface area contributed by atoms with E-state index in [-0.39, 0.29) is 10.8 Å². The molecule has 164 valence electrons. The van der Waals surface area contributed by atoms with Crippen molar-refractivity contribution >= 4 is 54.2 Å². The van der Waals surface area contributed by atoms with Crippen molar-refractivity contribution in [3.63, 3.8) is 0 Å². The number of hydrogen-bond donors (Lipinski definition) is 0. The summed E-state index contributed by atoms with van der Waals surface area (Å²) in [6.07, 6.45) is 0. The normalized spacial score (nSPS) is 11.8. The van der Waals surface area contributed by atoms with Gasteiger partial charge in [0.05, 0.1) is 21.2 Å².